The van der Waals surface area contributed by atoms with Gasteiger partial charge in [-0.2, -0.15) is 0 Å². The topological polar surface area (TPSA) is 110 Å². The smallest absolute Gasteiger partial charge is 0.309 e. The highest BCUT2D eigenvalue weighted by molar-refractivity contribution is 5.99. The second-order valence-corrected chi connectivity index (χ2v) is 8.40. The quantitative estimate of drug-likeness (QED) is 0.233. The average Bonchev–Trinajstić information content (AvgIpc) is 2.82. The molecule has 0 aliphatic rings. The lowest BCUT2D eigenvalue weighted by Gasteiger charge is -2.29. The summed E-state index contributed by atoms with van der Waals surface area (Å²) in [4.78, 5) is 40.9. The van der Waals surface area contributed by atoms with Gasteiger partial charge in [0.05, 0.1) is 13.0 Å². The number of ketones is 1. The van der Waals surface area contributed by atoms with E-state index in [0.717, 1.165) is 0 Å². The first-order chi connectivity index (χ1) is 16.6. The summed E-state index contributed by atoms with van der Waals surface area (Å²) in [6.07, 6.45) is 0.314. The molecular weight excluding hydrogens is 454 g/mol. The number of carbonyl (C=O) groups excluding carboxylic acids is 3. The van der Waals surface area contributed by atoms with E-state index in [1.54, 1.807) is 13.8 Å². The summed E-state index contributed by atoms with van der Waals surface area (Å²) in [5, 5.41) is 0. The van der Waals surface area contributed by atoms with Crippen molar-refractivity contribution in [1.82, 2.24) is 4.98 Å². The van der Waals surface area contributed by atoms with E-state index in [9.17, 15) is 14.4 Å². The Labute approximate surface area is 205 Å². The van der Waals surface area contributed by atoms with Crippen LogP contribution in [0.4, 0.5) is 0 Å². The number of benzene rings is 1. The Morgan fingerprint density at radius 2 is 1.69 bits per heavy atom. The Morgan fingerprint density at radius 3 is 2.29 bits per heavy atom. The summed E-state index contributed by atoms with van der Waals surface area (Å²) in [6, 6.07) is 10.8. The molecule has 35 heavy (non-hydrogen) atoms. The molecule has 190 valence electrons. The fourth-order valence-corrected chi connectivity index (χ4v) is 3.36. The van der Waals surface area contributed by atoms with Crippen molar-refractivity contribution >= 4 is 17.7 Å². The summed E-state index contributed by atoms with van der Waals surface area (Å²) < 4.78 is 27.2. The molecule has 0 saturated heterocycles. The third-order valence-electron chi connectivity index (χ3n) is 5.15. The largest absolute Gasteiger partial charge is 0.493 e. The normalized spacial score (nSPS) is 13.3. The van der Waals surface area contributed by atoms with Crippen molar-refractivity contribution in [1.29, 1.82) is 0 Å². The van der Waals surface area contributed by atoms with Crippen molar-refractivity contribution in [2.45, 2.75) is 53.2 Å². The Balaban J connectivity index is 2.06. The first-order valence-electron chi connectivity index (χ1n) is 11.4. The van der Waals surface area contributed by atoms with Crippen LogP contribution in [0.3, 0.4) is 0 Å². The summed E-state index contributed by atoms with van der Waals surface area (Å²) in [5.41, 5.74) is -0.0309. The van der Waals surface area contributed by atoms with E-state index in [2.05, 4.69) is 4.98 Å². The first-order valence-corrected chi connectivity index (χ1v) is 11.4. The molecule has 3 atom stereocenters. The van der Waals surface area contributed by atoms with Crippen LogP contribution in [0, 0.1) is 11.8 Å². The van der Waals surface area contributed by atoms with Crippen molar-refractivity contribution in [2.24, 2.45) is 11.8 Å². The number of Topliss-reactive ketones (excluding diaryl/α,β-unsaturated/α-hetero) is 1. The molecule has 0 spiro atoms. The minimum atomic E-state index is -0.746. The number of hydrogen-bond acceptors (Lipinski definition) is 9. The monoisotopic (exact) mass is 487 g/mol. The number of hydrogen-bond donors (Lipinski definition) is 0. The highest BCUT2D eigenvalue weighted by Crippen LogP contribution is 2.31. The maximum Gasteiger partial charge on any atom is 0.309 e. The molecule has 0 bridgehead atoms. The van der Waals surface area contributed by atoms with Gasteiger partial charge in [0.1, 0.15) is 18.0 Å². The number of esters is 2. The molecule has 0 N–H and O–H groups in total. The van der Waals surface area contributed by atoms with Crippen molar-refractivity contribution in [3.8, 4) is 17.2 Å². The summed E-state index contributed by atoms with van der Waals surface area (Å²) >= 11 is 0. The van der Waals surface area contributed by atoms with Crippen LogP contribution in [0.1, 0.15) is 51.5 Å². The number of methoxy groups -OCH3 is 1. The minimum Gasteiger partial charge on any atom is -0.493 e. The maximum absolute atomic E-state index is 13.0. The molecule has 2 aromatic rings. The zero-order valence-corrected chi connectivity index (χ0v) is 21.0. The van der Waals surface area contributed by atoms with Crippen LogP contribution in [-0.4, -0.2) is 48.8 Å². The van der Waals surface area contributed by atoms with E-state index in [1.807, 2.05) is 44.2 Å². The number of pyridine rings is 1. The highest BCUT2D eigenvalue weighted by atomic mass is 16.7. The van der Waals surface area contributed by atoms with E-state index in [0.29, 0.717) is 5.75 Å². The van der Waals surface area contributed by atoms with E-state index in [4.69, 9.17) is 23.7 Å². The van der Waals surface area contributed by atoms with Crippen LogP contribution in [0.15, 0.2) is 42.6 Å². The third kappa shape index (κ3) is 8.27. The van der Waals surface area contributed by atoms with E-state index >= 15 is 0 Å². The van der Waals surface area contributed by atoms with Gasteiger partial charge in [0, 0.05) is 25.6 Å². The van der Waals surface area contributed by atoms with E-state index < -0.39 is 36.5 Å². The molecule has 2 rings (SSSR count). The molecule has 0 aliphatic carbocycles. The lowest BCUT2D eigenvalue weighted by molar-refractivity contribution is -0.158. The van der Waals surface area contributed by atoms with Gasteiger partial charge in [-0.1, -0.05) is 39.0 Å². The Bertz CT molecular complexity index is 992. The maximum atomic E-state index is 13.0. The number of aromatic nitrogens is 1. The molecular formula is C26H33NO8. The SMILES string of the molecule is COc1ccnc(C(=O)C[C@H](C)C(=O)O[C@@H](C)[C@H](Oc2ccccc2)C(C)C)c1OCOC(C)=O. The number of carbonyl (C=O) groups is 3. The van der Waals surface area contributed by atoms with Gasteiger partial charge in [-0.3, -0.25) is 14.4 Å². The molecule has 0 saturated carbocycles. The lowest BCUT2D eigenvalue weighted by Crippen LogP contribution is -2.38. The molecule has 1 heterocycles. The molecule has 9 nitrogen and oxygen atoms in total. The molecule has 0 radical (unpaired) electrons. The van der Waals surface area contributed by atoms with Crippen LogP contribution >= 0.6 is 0 Å². The van der Waals surface area contributed by atoms with Gasteiger partial charge in [-0.25, -0.2) is 4.98 Å². The predicted molar refractivity (Wildman–Crippen MR) is 127 cm³/mol. The van der Waals surface area contributed by atoms with Gasteiger partial charge in [0.15, 0.2) is 23.0 Å². The minimum absolute atomic E-state index is 0.0309. The fourth-order valence-electron chi connectivity index (χ4n) is 3.36. The average molecular weight is 488 g/mol. The molecule has 0 unspecified atom stereocenters. The molecule has 0 aliphatic heterocycles. The number of rotatable bonds is 13. The van der Waals surface area contributed by atoms with Gasteiger partial charge in [-0.15, -0.1) is 0 Å². The Kier molecular flexibility index (Phi) is 10.5. The molecule has 9 heteroatoms. The highest BCUT2D eigenvalue weighted by Gasteiger charge is 2.30. The molecule has 1 aromatic carbocycles. The number of nitrogens with zero attached hydrogens (tertiary/aromatic N) is 1. The van der Waals surface area contributed by atoms with Crippen LogP contribution in [0.25, 0.3) is 0 Å². The third-order valence-corrected chi connectivity index (χ3v) is 5.15. The lowest BCUT2D eigenvalue weighted by atomic mass is 10.0. The van der Waals surface area contributed by atoms with Crippen molar-refractivity contribution < 1.29 is 38.1 Å². The number of para-hydroxylation sites is 1. The van der Waals surface area contributed by atoms with Gasteiger partial charge in [-0.05, 0) is 25.0 Å². The zero-order chi connectivity index (χ0) is 26.0. The van der Waals surface area contributed by atoms with E-state index in [-0.39, 0.29) is 35.6 Å². The predicted octanol–water partition coefficient (Wildman–Crippen LogP) is 4.23. The summed E-state index contributed by atoms with van der Waals surface area (Å²) in [6.45, 7) is 8.16. The summed E-state index contributed by atoms with van der Waals surface area (Å²) in [7, 11) is 1.41. The Morgan fingerprint density at radius 1 is 1.00 bits per heavy atom. The second-order valence-electron chi connectivity index (χ2n) is 8.40. The van der Waals surface area contributed by atoms with E-state index in [1.165, 1.54) is 26.3 Å². The summed E-state index contributed by atoms with van der Waals surface area (Å²) in [5.74, 6) is -1.22. The van der Waals surface area contributed by atoms with Gasteiger partial charge in [0.2, 0.25) is 6.79 Å². The molecule has 1 aromatic heterocycles. The van der Waals surface area contributed by atoms with Crippen LogP contribution in [0.2, 0.25) is 0 Å². The van der Waals surface area contributed by atoms with Crippen molar-refractivity contribution in [3.63, 3.8) is 0 Å². The Hall–Kier alpha value is -3.62. The fraction of sp³-hybridized carbons (Fsp3) is 0.462. The van der Waals surface area contributed by atoms with Crippen molar-refractivity contribution in [2.75, 3.05) is 13.9 Å². The van der Waals surface area contributed by atoms with Gasteiger partial charge in [0.25, 0.3) is 0 Å². The van der Waals surface area contributed by atoms with Gasteiger partial charge >= 0.3 is 11.9 Å². The number of ether oxygens (including phenoxy) is 5. The molecule has 0 amide bonds. The second kappa shape index (κ2) is 13.3. The van der Waals surface area contributed by atoms with Crippen LogP contribution in [-0.2, 0) is 19.1 Å². The standard InChI is InChI=1S/C26H33NO8/c1-16(2)24(35-20-10-8-7-9-11-20)18(4)34-26(30)17(3)14-21(29)23-25(33-15-32-19(5)28)22(31-6)12-13-27-23/h7-13,16-18,24H,14-15H2,1-6H3/t17-,18-,24+/m0/s1. The zero-order valence-electron chi connectivity index (χ0n) is 21.0. The van der Waals surface area contributed by atoms with Crippen LogP contribution in [0.5, 0.6) is 17.2 Å². The first kappa shape index (κ1) is 27.6. The van der Waals surface area contributed by atoms with Crippen molar-refractivity contribution in [3.05, 3.63) is 48.3 Å². The molecule has 0 fully saturated rings. The van der Waals surface area contributed by atoms with Crippen LogP contribution < -0.4 is 14.2 Å². The van der Waals surface area contributed by atoms with Gasteiger partial charge < -0.3 is 23.7 Å².